The average Bonchev–Trinajstić information content (AvgIpc) is 1.54. The zero-order valence-corrected chi connectivity index (χ0v) is 72.8. The van der Waals surface area contributed by atoms with Crippen molar-refractivity contribution in [3.8, 4) is 119 Å². The van der Waals surface area contributed by atoms with Crippen LogP contribution in [-0.2, 0) is 0 Å². The van der Waals surface area contributed by atoms with Crippen molar-refractivity contribution >= 4 is 130 Å². The fraction of sp³-hybridized carbons (Fsp3) is 0. The zero-order valence-electron chi connectivity index (χ0n) is 72.8. The first-order valence-electron chi connectivity index (χ1n) is 45.2. The van der Waals surface area contributed by atoms with E-state index in [4.69, 9.17) is 34.9 Å². The second-order valence-electron chi connectivity index (χ2n) is 33.7. The molecule has 0 aliphatic rings. The van der Waals surface area contributed by atoms with Gasteiger partial charge in [0.25, 0.3) is 0 Å². The van der Waals surface area contributed by atoms with Crippen molar-refractivity contribution in [3.63, 3.8) is 0 Å². The molecule has 13 nitrogen and oxygen atoms in total. The molecule has 27 rings (SSSR count). The number of rotatable bonds is 12. The zero-order chi connectivity index (χ0) is 89.2. The Bertz CT molecular complexity index is 8330. The van der Waals surface area contributed by atoms with Gasteiger partial charge >= 0.3 is 0 Å². The van der Waals surface area contributed by atoms with E-state index in [2.05, 4.69) is 393 Å². The van der Waals surface area contributed by atoms with E-state index in [-0.39, 0.29) is 0 Å². The maximum absolute atomic E-state index is 5.14. The van der Waals surface area contributed by atoms with Gasteiger partial charge in [-0.25, -0.2) is 34.9 Å². The van der Waals surface area contributed by atoms with Crippen LogP contribution in [0.2, 0.25) is 0 Å². The molecule has 13 heterocycles. The molecule has 0 aliphatic heterocycles. The Morgan fingerprint density at radius 2 is 0.496 bits per heavy atom. The van der Waals surface area contributed by atoms with E-state index in [1.54, 1.807) is 0 Å². The van der Waals surface area contributed by atoms with Crippen LogP contribution in [0.1, 0.15) is 0 Å². The number of pyridine rings is 10. The van der Waals surface area contributed by atoms with E-state index in [1.807, 2.05) is 104 Å². The largest absolute Gasteiger partial charge is 0.309 e. The highest BCUT2D eigenvalue weighted by Gasteiger charge is 2.22. The summed E-state index contributed by atoms with van der Waals surface area (Å²) in [5.74, 6) is 0. The summed E-state index contributed by atoms with van der Waals surface area (Å²) in [5, 5.41) is 19.1. The van der Waals surface area contributed by atoms with Crippen LogP contribution in [0, 0.1) is 0 Å². The van der Waals surface area contributed by atoms with Crippen LogP contribution in [0.4, 0.5) is 0 Å². The molecule has 0 atom stereocenters. The van der Waals surface area contributed by atoms with Crippen LogP contribution in [0.5, 0.6) is 0 Å². The lowest BCUT2D eigenvalue weighted by atomic mass is 9.95. The molecule has 0 saturated heterocycles. The minimum absolute atomic E-state index is 0.808. The first-order chi connectivity index (χ1) is 66.9. The van der Waals surface area contributed by atoms with Gasteiger partial charge in [-0.2, -0.15) is 0 Å². The minimum atomic E-state index is 0.808. The Morgan fingerprint density at radius 1 is 0.170 bits per heavy atom. The number of hydrogen-bond donors (Lipinski definition) is 0. The number of nitrogens with zero attached hydrogens (tertiary/aromatic N) is 13. The van der Waals surface area contributed by atoms with E-state index in [0.717, 1.165) is 174 Å². The van der Waals surface area contributed by atoms with Crippen molar-refractivity contribution in [1.82, 2.24) is 63.5 Å². The smallest absolute Gasteiger partial charge is 0.0972 e. The van der Waals surface area contributed by atoms with Crippen LogP contribution in [0.15, 0.2) is 468 Å². The van der Waals surface area contributed by atoms with Crippen LogP contribution >= 0.6 is 0 Å². The molecule has 0 unspecified atom stereocenters. The van der Waals surface area contributed by atoms with Gasteiger partial charge in [-0.05, 0) is 218 Å². The molecular formula is C122H77N13. The van der Waals surface area contributed by atoms with Crippen LogP contribution in [0.3, 0.4) is 0 Å². The molecule has 0 N–H and O–H groups in total. The number of aromatic nitrogens is 13. The van der Waals surface area contributed by atoms with Crippen molar-refractivity contribution in [2.75, 3.05) is 0 Å². The highest BCUT2D eigenvalue weighted by molar-refractivity contribution is 6.17. The number of hydrogen-bond acceptors (Lipinski definition) is 10. The Morgan fingerprint density at radius 3 is 1.00 bits per heavy atom. The van der Waals surface area contributed by atoms with Gasteiger partial charge in [0.1, 0.15) is 0 Å². The Labute approximate surface area is 775 Å². The first-order valence-corrected chi connectivity index (χ1v) is 45.2. The van der Waals surface area contributed by atoms with Gasteiger partial charge in [0.05, 0.1) is 124 Å². The molecule has 630 valence electrons. The van der Waals surface area contributed by atoms with Gasteiger partial charge in [0, 0.05) is 107 Å². The van der Waals surface area contributed by atoms with Crippen molar-refractivity contribution in [1.29, 1.82) is 0 Å². The Hall–Kier alpha value is -18.5. The standard InChI is InChI=1S/2C41H26N4.C40H25N5/c1-2-10-30-28(9-1)25-34(32-12-4-3-11-31(30)32)37-15-8-17-39(44-37)38-16-7-14-36(43-38)27-19-21-29(22-20-27)45-40-18-6-5-13-33(40)35-26-42-24-23-41(35)45;1-2-10-30-28(9-1)25-35(32-12-4-3-11-31(30)32)37-15-8-17-39(44-37)38-16-7-14-36(43-38)27-19-21-29(22-20-27)45-40-18-6-5-13-33(40)34-23-24-42-26-41(34)45;1-2-12-30-28(10-1)29-11-3-5-14-33(29)44-39(30)36-18-8-17-35(43-36)34-16-7-15-32(42-34)26-21-23-27(24-22-26)45-37-19-6-4-13-31(37)40-38(45)20-9-25-41-40/h2*1-26H;1-25H. The van der Waals surface area contributed by atoms with E-state index >= 15 is 0 Å². The van der Waals surface area contributed by atoms with Gasteiger partial charge in [-0.3, -0.25) is 15.0 Å². The fourth-order valence-corrected chi connectivity index (χ4v) is 19.6. The summed E-state index contributed by atoms with van der Waals surface area (Å²) in [4.78, 5) is 49.1. The first kappa shape index (κ1) is 78.8. The summed E-state index contributed by atoms with van der Waals surface area (Å²) in [6.07, 6.45) is 9.45. The predicted molar refractivity (Wildman–Crippen MR) is 554 cm³/mol. The Balaban J connectivity index is 0.000000108. The van der Waals surface area contributed by atoms with E-state index in [9.17, 15) is 0 Å². The third-order valence-electron chi connectivity index (χ3n) is 25.9. The van der Waals surface area contributed by atoms with Crippen LogP contribution < -0.4 is 0 Å². The van der Waals surface area contributed by atoms with E-state index in [1.165, 1.54) is 75.7 Å². The van der Waals surface area contributed by atoms with Crippen molar-refractivity contribution < 1.29 is 0 Å². The lowest BCUT2D eigenvalue weighted by Crippen LogP contribution is -1.96. The number of para-hydroxylation sites is 4. The third-order valence-corrected chi connectivity index (χ3v) is 25.9. The van der Waals surface area contributed by atoms with Gasteiger partial charge in [0.2, 0.25) is 0 Å². The number of fused-ring (bicyclic) bond motifs is 18. The van der Waals surface area contributed by atoms with Gasteiger partial charge < -0.3 is 13.7 Å². The summed E-state index contributed by atoms with van der Waals surface area (Å²) in [7, 11) is 0. The highest BCUT2D eigenvalue weighted by atomic mass is 15.0. The SMILES string of the molecule is c1cc(-c2ccc(-n3c4ccccc4c4ccncc43)cc2)nc(-c2cccc(-c3cc4ccccc4c4ccccc34)n2)c1.c1cc(-c2ccc(-n3c4ccccc4c4cnccc43)cc2)nc(-c2cccc(-c3cc4ccccc4c4ccccc34)n2)c1.c1cc(-c2ccc(-n3c4ccccc4c4ncccc43)cc2)nc(-c2cccc(-c3nc4ccccc4c4ccccc34)n2)c1. The molecule has 13 aromatic heterocycles. The monoisotopic (exact) mass is 1720 g/mol. The lowest BCUT2D eigenvalue weighted by Gasteiger charge is -2.12. The summed E-state index contributed by atoms with van der Waals surface area (Å²) in [6, 6.07) is 152. The third kappa shape index (κ3) is 14.2. The molecule has 0 amide bonds. The maximum atomic E-state index is 5.14. The second kappa shape index (κ2) is 33.6. The molecule has 0 bridgehead atoms. The quantitative estimate of drug-likeness (QED) is 0.108. The molecule has 0 aliphatic carbocycles. The van der Waals surface area contributed by atoms with Gasteiger partial charge in [-0.1, -0.05) is 267 Å². The van der Waals surface area contributed by atoms with Gasteiger partial charge in [-0.15, -0.1) is 0 Å². The highest BCUT2D eigenvalue weighted by Crippen LogP contribution is 2.42. The van der Waals surface area contributed by atoms with E-state index in [0.29, 0.717) is 0 Å². The molecule has 0 radical (unpaired) electrons. The van der Waals surface area contributed by atoms with Crippen molar-refractivity contribution in [2.24, 2.45) is 0 Å². The summed E-state index contributed by atoms with van der Waals surface area (Å²) in [5.41, 5.74) is 28.7. The lowest BCUT2D eigenvalue weighted by molar-refractivity contribution is 1.16. The Kier molecular flexibility index (Phi) is 19.6. The summed E-state index contributed by atoms with van der Waals surface area (Å²) in [6.45, 7) is 0. The van der Waals surface area contributed by atoms with Crippen molar-refractivity contribution in [2.45, 2.75) is 0 Å². The average molecular weight is 1730 g/mol. The topological polar surface area (TPSA) is 144 Å². The van der Waals surface area contributed by atoms with Crippen LogP contribution in [-0.4, -0.2) is 63.5 Å². The van der Waals surface area contributed by atoms with Gasteiger partial charge in [0.15, 0.2) is 0 Å². The summed E-state index contributed by atoms with van der Waals surface area (Å²) >= 11 is 0. The molecule has 135 heavy (non-hydrogen) atoms. The normalized spacial score (nSPS) is 11.6. The summed E-state index contributed by atoms with van der Waals surface area (Å²) < 4.78 is 6.84. The molecule has 0 spiro atoms. The molecule has 27 aromatic rings. The fourth-order valence-electron chi connectivity index (χ4n) is 19.6. The molecule has 13 heteroatoms. The molecular weight excluding hydrogens is 1650 g/mol. The van der Waals surface area contributed by atoms with E-state index < -0.39 is 0 Å². The molecule has 0 fully saturated rings. The predicted octanol–water partition coefficient (Wildman–Crippen LogP) is 30.2. The van der Waals surface area contributed by atoms with Crippen molar-refractivity contribution in [3.05, 3.63) is 468 Å². The molecule has 14 aromatic carbocycles. The minimum Gasteiger partial charge on any atom is -0.309 e. The second-order valence-corrected chi connectivity index (χ2v) is 33.7. The number of benzene rings is 14. The van der Waals surface area contributed by atoms with Crippen LogP contribution in [0.25, 0.3) is 249 Å². The maximum Gasteiger partial charge on any atom is 0.0972 e. The molecule has 0 saturated carbocycles.